The van der Waals surface area contributed by atoms with Gasteiger partial charge in [-0.25, -0.2) is 0 Å². The molecule has 112 valence electrons. The zero-order valence-corrected chi connectivity index (χ0v) is 13.3. The molecule has 0 fully saturated rings. The minimum atomic E-state index is 0.000369. The molecule has 0 aliphatic heterocycles. The van der Waals surface area contributed by atoms with Gasteiger partial charge >= 0.3 is 0 Å². The average Bonchev–Trinajstić information content (AvgIpc) is 3.00. The lowest BCUT2D eigenvalue weighted by Gasteiger charge is -2.05. The fraction of sp³-hybridized carbons (Fsp3) is 0.353. The monoisotopic (exact) mass is 303 g/mol. The van der Waals surface area contributed by atoms with Gasteiger partial charge in [0.25, 0.3) is 5.91 Å². The number of amides is 1. The molecule has 1 aromatic carbocycles. The first kappa shape index (κ1) is 15.6. The maximum atomic E-state index is 11.8. The minimum absolute atomic E-state index is 0.000369. The number of benzene rings is 1. The third-order valence-electron chi connectivity index (χ3n) is 3.15. The van der Waals surface area contributed by atoms with Crippen molar-refractivity contribution >= 4 is 17.2 Å². The molecule has 3 nitrogen and oxygen atoms in total. The van der Waals surface area contributed by atoms with E-state index in [1.54, 1.807) is 0 Å². The Morgan fingerprint density at radius 1 is 1.19 bits per heavy atom. The fourth-order valence-electron chi connectivity index (χ4n) is 1.88. The van der Waals surface area contributed by atoms with Crippen LogP contribution < -0.4 is 10.1 Å². The SMILES string of the molecule is CCCNC(=O)c1cc(COc2ccc(CC)cc2)cs1. The molecule has 4 heteroatoms. The first-order valence-corrected chi connectivity index (χ1v) is 8.18. The Hall–Kier alpha value is -1.81. The Morgan fingerprint density at radius 2 is 1.95 bits per heavy atom. The molecule has 0 aliphatic carbocycles. The number of carbonyl (C=O) groups excluding carboxylic acids is 1. The lowest BCUT2D eigenvalue weighted by atomic mass is 10.2. The summed E-state index contributed by atoms with van der Waals surface area (Å²) in [5.41, 5.74) is 2.33. The number of carbonyl (C=O) groups is 1. The van der Waals surface area contributed by atoms with Crippen LogP contribution in [0.5, 0.6) is 5.75 Å². The molecule has 0 unspecified atom stereocenters. The number of ether oxygens (including phenoxy) is 1. The molecule has 0 bridgehead atoms. The average molecular weight is 303 g/mol. The van der Waals surface area contributed by atoms with Gasteiger partial charge in [-0.1, -0.05) is 26.0 Å². The lowest BCUT2D eigenvalue weighted by Crippen LogP contribution is -2.22. The Morgan fingerprint density at radius 3 is 2.62 bits per heavy atom. The summed E-state index contributed by atoms with van der Waals surface area (Å²) < 4.78 is 5.74. The van der Waals surface area contributed by atoms with Gasteiger partial charge in [-0.3, -0.25) is 4.79 Å². The molecule has 21 heavy (non-hydrogen) atoms. The van der Waals surface area contributed by atoms with E-state index in [2.05, 4.69) is 24.4 Å². The van der Waals surface area contributed by atoms with Crippen molar-refractivity contribution in [1.82, 2.24) is 5.32 Å². The second-order valence-corrected chi connectivity index (χ2v) is 5.77. The van der Waals surface area contributed by atoms with Gasteiger partial charge in [-0.05, 0) is 42.0 Å². The van der Waals surface area contributed by atoms with Crippen LogP contribution in [-0.4, -0.2) is 12.5 Å². The molecule has 0 spiro atoms. The summed E-state index contributed by atoms with van der Waals surface area (Å²) in [6.45, 7) is 5.37. The van der Waals surface area contributed by atoms with Crippen molar-refractivity contribution in [2.75, 3.05) is 6.54 Å². The van der Waals surface area contributed by atoms with E-state index in [9.17, 15) is 4.79 Å². The summed E-state index contributed by atoms with van der Waals surface area (Å²) in [4.78, 5) is 12.6. The fourth-order valence-corrected chi connectivity index (χ4v) is 2.70. The molecular weight excluding hydrogens is 282 g/mol. The molecule has 0 saturated carbocycles. The van der Waals surface area contributed by atoms with E-state index < -0.39 is 0 Å². The number of thiophene rings is 1. The van der Waals surface area contributed by atoms with E-state index in [-0.39, 0.29) is 5.91 Å². The first-order valence-electron chi connectivity index (χ1n) is 7.30. The van der Waals surface area contributed by atoms with Gasteiger partial charge in [-0.15, -0.1) is 11.3 Å². The smallest absolute Gasteiger partial charge is 0.261 e. The Bertz CT molecular complexity index is 575. The number of rotatable bonds is 7. The minimum Gasteiger partial charge on any atom is -0.489 e. The zero-order valence-electron chi connectivity index (χ0n) is 12.5. The predicted molar refractivity (Wildman–Crippen MR) is 87.1 cm³/mol. The number of hydrogen-bond donors (Lipinski definition) is 1. The van der Waals surface area contributed by atoms with Crippen LogP contribution in [0, 0.1) is 0 Å². The summed E-state index contributed by atoms with van der Waals surface area (Å²) >= 11 is 1.46. The van der Waals surface area contributed by atoms with Crippen molar-refractivity contribution in [2.45, 2.75) is 33.3 Å². The van der Waals surface area contributed by atoms with Crippen LogP contribution in [0.25, 0.3) is 0 Å². The van der Waals surface area contributed by atoms with Crippen molar-refractivity contribution in [3.05, 3.63) is 51.7 Å². The van der Waals surface area contributed by atoms with Gasteiger partial charge in [0.05, 0.1) is 4.88 Å². The molecule has 1 heterocycles. The standard InChI is InChI=1S/C17H21NO2S/c1-3-9-18-17(19)16-10-14(12-21-16)11-20-15-7-5-13(4-2)6-8-15/h5-8,10,12H,3-4,9,11H2,1-2H3,(H,18,19). The number of nitrogens with one attached hydrogen (secondary N) is 1. The van der Waals surface area contributed by atoms with Gasteiger partial charge in [0.15, 0.2) is 0 Å². The second kappa shape index (κ2) is 7.84. The predicted octanol–water partition coefficient (Wildman–Crippen LogP) is 4.03. The van der Waals surface area contributed by atoms with Crippen molar-refractivity contribution in [3.63, 3.8) is 0 Å². The van der Waals surface area contributed by atoms with Gasteiger partial charge in [0.1, 0.15) is 12.4 Å². The summed E-state index contributed by atoms with van der Waals surface area (Å²) in [5.74, 6) is 0.857. The highest BCUT2D eigenvalue weighted by molar-refractivity contribution is 7.12. The van der Waals surface area contributed by atoms with E-state index in [4.69, 9.17) is 4.74 Å². The normalized spacial score (nSPS) is 10.4. The van der Waals surface area contributed by atoms with E-state index in [0.717, 1.165) is 29.0 Å². The van der Waals surface area contributed by atoms with Gasteiger partial charge < -0.3 is 10.1 Å². The molecule has 0 aliphatic rings. The van der Waals surface area contributed by atoms with Crippen molar-refractivity contribution < 1.29 is 9.53 Å². The van der Waals surface area contributed by atoms with Crippen LogP contribution in [0.1, 0.15) is 41.1 Å². The van der Waals surface area contributed by atoms with Crippen LogP contribution in [0.4, 0.5) is 0 Å². The van der Waals surface area contributed by atoms with E-state index in [1.165, 1.54) is 16.9 Å². The molecule has 0 radical (unpaired) electrons. The van der Waals surface area contributed by atoms with Crippen LogP contribution in [-0.2, 0) is 13.0 Å². The van der Waals surface area contributed by atoms with Crippen LogP contribution >= 0.6 is 11.3 Å². The summed E-state index contributed by atoms with van der Waals surface area (Å²) in [7, 11) is 0. The third kappa shape index (κ3) is 4.60. The van der Waals surface area contributed by atoms with Crippen molar-refractivity contribution in [2.24, 2.45) is 0 Å². The highest BCUT2D eigenvalue weighted by atomic mass is 32.1. The van der Waals surface area contributed by atoms with Gasteiger partial charge in [0.2, 0.25) is 0 Å². The Balaban J connectivity index is 1.88. The quantitative estimate of drug-likeness (QED) is 0.838. The first-order chi connectivity index (χ1) is 10.2. The molecule has 1 aromatic heterocycles. The van der Waals surface area contributed by atoms with E-state index in [1.807, 2.05) is 30.5 Å². The molecule has 2 aromatic rings. The summed E-state index contributed by atoms with van der Waals surface area (Å²) in [6.07, 6.45) is 1.97. The van der Waals surface area contributed by atoms with Gasteiger partial charge in [0, 0.05) is 12.1 Å². The topological polar surface area (TPSA) is 38.3 Å². The molecule has 0 atom stereocenters. The number of hydrogen-bond acceptors (Lipinski definition) is 3. The summed E-state index contributed by atoms with van der Waals surface area (Å²) in [6, 6.07) is 10.0. The highest BCUT2D eigenvalue weighted by Crippen LogP contribution is 2.18. The molecular formula is C17H21NO2S. The maximum Gasteiger partial charge on any atom is 0.261 e. The zero-order chi connectivity index (χ0) is 15.1. The number of aryl methyl sites for hydroxylation is 1. The highest BCUT2D eigenvalue weighted by Gasteiger charge is 2.08. The van der Waals surface area contributed by atoms with E-state index in [0.29, 0.717) is 13.2 Å². The van der Waals surface area contributed by atoms with Crippen LogP contribution in [0.2, 0.25) is 0 Å². The molecule has 0 saturated heterocycles. The molecule has 2 rings (SSSR count). The van der Waals surface area contributed by atoms with Crippen LogP contribution in [0.15, 0.2) is 35.7 Å². The lowest BCUT2D eigenvalue weighted by molar-refractivity contribution is 0.0957. The van der Waals surface area contributed by atoms with E-state index >= 15 is 0 Å². The largest absolute Gasteiger partial charge is 0.489 e. The Kier molecular flexibility index (Phi) is 5.81. The third-order valence-corrected chi connectivity index (χ3v) is 4.13. The van der Waals surface area contributed by atoms with Crippen LogP contribution in [0.3, 0.4) is 0 Å². The Labute approximate surface area is 130 Å². The molecule has 1 amide bonds. The molecule has 1 N–H and O–H groups in total. The van der Waals surface area contributed by atoms with Gasteiger partial charge in [-0.2, -0.15) is 0 Å². The summed E-state index contributed by atoms with van der Waals surface area (Å²) in [5, 5.41) is 4.85. The second-order valence-electron chi connectivity index (χ2n) is 4.86. The maximum absolute atomic E-state index is 11.8. The van der Waals surface area contributed by atoms with Crippen molar-refractivity contribution in [1.29, 1.82) is 0 Å². The van der Waals surface area contributed by atoms with Crippen molar-refractivity contribution in [3.8, 4) is 5.75 Å².